The van der Waals surface area contributed by atoms with E-state index in [9.17, 15) is 9.18 Å². The summed E-state index contributed by atoms with van der Waals surface area (Å²) >= 11 is 5.50. The van der Waals surface area contributed by atoms with Crippen LogP contribution in [0.2, 0.25) is 5.15 Å². The van der Waals surface area contributed by atoms with E-state index in [0.29, 0.717) is 5.69 Å². The quantitative estimate of drug-likeness (QED) is 0.857. The van der Waals surface area contributed by atoms with Crippen LogP contribution < -0.4 is 5.32 Å². The van der Waals surface area contributed by atoms with Crippen LogP contribution in [-0.2, 0) is 0 Å². The molecule has 2 aromatic rings. The van der Waals surface area contributed by atoms with E-state index in [1.54, 1.807) is 24.3 Å². The summed E-state index contributed by atoms with van der Waals surface area (Å²) in [7, 11) is 0. The third-order valence-corrected chi connectivity index (χ3v) is 2.65. The van der Waals surface area contributed by atoms with Gasteiger partial charge in [-0.15, -0.1) is 0 Å². The van der Waals surface area contributed by atoms with Crippen LogP contribution in [0.3, 0.4) is 0 Å². The van der Waals surface area contributed by atoms with Gasteiger partial charge in [0, 0.05) is 6.20 Å². The number of aromatic nitrogens is 1. The van der Waals surface area contributed by atoms with E-state index >= 15 is 0 Å². The minimum Gasteiger partial charge on any atom is -0.321 e. The fraction of sp³-hybridized carbons (Fsp3) is 0. The van der Waals surface area contributed by atoms with Crippen LogP contribution in [0, 0.1) is 17.1 Å². The lowest BCUT2D eigenvalue weighted by Gasteiger charge is -2.07. The van der Waals surface area contributed by atoms with Gasteiger partial charge in [-0.1, -0.05) is 23.7 Å². The summed E-state index contributed by atoms with van der Waals surface area (Å²) in [6.07, 6.45) is 1.23. The second-order valence-corrected chi connectivity index (χ2v) is 3.93. The average molecular weight is 276 g/mol. The number of anilines is 1. The zero-order chi connectivity index (χ0) is 13.8. The fourth-order valence-corrected chi connectivity index (χ4v) is 1.63. The first kappa shape index (κ1) is 13.0. The number of para-hydroxylation sites is 1. The number of nitriles is 1. The van der Waals surface area contributed by atoms with Gasteiger partial charge in [0.15, 0.2) is 11.0 Å². The summed E-state index contributed by atoms with van der Waals surface area (Å²) in [5, 5.41) is 11.0. The number of nitrogens with zero attached hydrogens (tertiary/aromatic N) is 2. The van der Waals surface area contributed by atoms with E-state index in [1.807, 2.05) is 6.07 Å². The molecule has 1 aromatic carbocycles. The highest BCUT2D eigenvalue weighted by atomic mass is 35.5. The largest absolute Gasteiger partial charge is 0.321 e. The van der Waals surface area contributed by atoms with Gasteiger partial charge in [0.25, 0.3) is 5.91 Å². The van der Waals surface area contributed by atoms with Gasteiger partial charge in [-0.3, -0.25) is 4.79 Å². The van der Waals surface area contributed by atoms with Crippen molar-refractivity contribution >= 4 is 23.2 Å². The molecule has 19 heavy (non-hydrogen) atoms. The van der Waals surface area contributed by atoms with E-state index in [2.05, 4.69) is 10.3 Å². The molecule has 0 aliphatic carbocycles. The Labute approximate surface area is 113 Å². The first-order valence-electron chi connectivity index (χ1n) is 5.24. The van der Waals surface area contributed by atoms with Gasteiger partial charge in [0.2, 0.25) is 0 Å². The lowest BCUT2D eigenvalue weighted by Crippen LogP contribution is -2.15. The van der Waals surface area contributed by atoms with Crippen LogP contribution in [0.25, 0.3) is 0 Å². The number of carbonyl (C=O) groups excluding carboxylic acids is 1. The Morgan fingerprint density at radius 2 is 2.11 bits per heavy atom. The van der Waals surface area contributed by atoms with Crippen molar-refractivity contribution in [2.24, 2.45) is 0 Å². The Kier molecular flexibility index (Phi) is 3.74. The van der Waals surface area contributed by atoms with Crippen molar-refractivity contribution in [3.05, 3.63) is 58.6 Å². The third-order valence-electron chi connectivity index (χ3n) is 2.39. The van der Waals surface area contributed by atoms with E-state index in [4.69, 9.17) is 16.9 Å². The lowest BCUT2D eigenvalue weighted by atomic mass is 10.1. The van der Waals surface area contributed by atoms with Gasteiger partial charge < -0.3 is 5.32 Å². The van der Waals surface area contributed by atoms with Gasteiger partial charge in [0.1, 0.15) is 6.07 Å². The molecular formula is C13H7ClFN3O. The van der Waals surface area contributed by atoms with Crippen molar-refractivity contribution in [1.29, 1.82) is 5.26 Å². The summed E-state index contributed by atoms with van der Waals surface area (Å²) in [4.78, 5) is 15.4. The van der Waals surface area contributed by atoms with Crippen LogP contribution in [0.5, 0.6) is 0 Å². The van der Waals surface area contributed by atoms with Crippen molar-refractivity contribution in [1.82, 2.24) is 4.98 Å². The van der Waals surface area contributed by atoms with Crippen molar-refractivity contribution < 1.29 is 9.18 Å². The summed E-state index contributed by atoms with van der Waals surface area (Å²) in [5.41, 5.74) is 0.367. The Hall–Kier alpha value is -2.45. The number of carbonyl (C=O) groups is 1. The highest BCUT2D eigenvalue weighted by Gasteiger charge is 2.16. The van der Waals surface area contributed by atoms with Crippen molar-refractivity contribution in [3.8, 4) is 6.07 Å². The molecule has 2 rings (SSSR count). The number of pyridine rings is 1. The molecule has 0 saturated heterocycles. The lowest BCUT2D eigenvalue weighted by molar-refractivity contribution is 0.102. The van der Waals surface area contributed by atoms with Gasteiger partial charge in [-0.25, -0.2) is 9.37 Å². The molecule has 0 radical (unpaired) electrons. The molecular weight excluding hydrogens is 269 g/mol. The maximum absolute atomic E-state index is 13.6. The molecule has 0 aliphatic heterocycles. The second-order valence-electron chi connectivity index (χ2n) is 3.57. The fourth-order valence-electron chi connectivity index (χ4n) is 1.47. The second kappa shape index (κ2) is 5.46. The number of nitrogens with one attached hydrogen (secondary N) is 1. The van der Waals surface area contributed by atoms with Crippen LogP contribution in [0.1, 0.15) is 15.9 Å². The predicted octanol–water partition coefficient (Wildman–Crippen LogP) is 3.00. The minimum absolute atomic E-state index is 0.229. The molecule has 4 nitrogen and oxygen atoms in total. The average Bonchev–Trinajstić information content (AvgIpc) is 2.42. The van der Waals surface area contributed by atoms with Crippen molar-refractivity contribution in [2.75, 3.05) is 5.32 Å². The molecule has 0 spiro atoms. The molecule has 0 aliphatic rings. The Morgan fingerprint density at radius 1 is 1.37 bits per heavy atom. The number of hydrogen-bond acceptors (Lipinski definition) is 3. The summed E-state index contributed by atoms with van der Waals surface area (Å²) < 4.78 is 13.6. The highest BCUT2D eigenvalue weighted by molar-refractivity contribution is 6.30. The number of amides is 1. The topological polar surface area (TPSA) is 65.8 Å². The van der Waals surface area contributed by atoms with Crippen LogP contribution in [0.4, 0.5) is 10.1 Å². The SMILES string of the molecule is N#Cc1ccccc1NC(=O)c1ccnc(Cl)c1F. The number of rotatable bonds is 2. The summed E-state index contributed by atoms with van der Waals surface area (Å²) in [6.45, 7) is 0. The standard InChI is InChI=1S/C13H7ClFN3O/c14-12-11(15)9(5-6-17-12)13(19)18-10-4-2-1-3-8(10)7-16/h1-6H,(H,18,19). The smallest absolute Gasteiger partial charge is 0.258 e. The molecule has 1 amide bonds. The molecule has 0 atom stereocenters. The summed E-state index contributed by atoms with van der Waals surface area (Å²) in [5.74, 6) is -1.58. The monoisotopic (exact) mass is 275 g/mol. The molecule has 0 unspecified atom stereocenters. The predicted molar refractivity (Wildman–Crippen MR) is 68.3 cm³/mol. The van der Waals surface area contributed by atoms with E-state index < -0.39 is 11.7 Å². The Bertz CT molecular complexity index is 682. The van der Waals surface area contributed by atoms with Gasteiger partial charge in [-0.2, -0.15) is 5.26 Å². The van der Waals surface area contributed by atoms with E-state index in [1.165, 1.54) is 12.3 Å². The molecule has 1 N–H and O–H groups in total. The van der Waals surface area contributed by atoms with Gasteiger partial charge in [-0.05, 0) is 18.2 Å². The normalized spacial score (nSPS) is 9.74. The Balaban J connectivity index is 2.32. The van der Waals surface area contributed by atoms with Gasteiger partial charge in [0.05, 0.1) is 16.8 Å². The zero-order valence-corrected chi connectivity index (χ0v) is 10.3. The van der Waals surface area contributed by atoms with E-state index in [-0.39, 0.29) is 16.3 Å². The minimum atomic E-state index is -0.892. The Morgan fingerprint density at radius 3 is 2.84 bits per heavy atom. The zero-order valence-electron chi connectivity index (χ0n) is 9.52. The maximum Gasteiger partial charge on any atom is 0.258 e. The van der Waals surface area contributed by atoms with E-state index in [0.717, 1.165) is 0 Å². The molecule has 0 fully saturated rings. The molecule has 6 heteroatoms. The number of benzene rings is 1. The summed E-state index contributed by atoms with van der Waals surface area (Å²) in [6, 6.07) is 9.57. The maximum atomic E-state index is 13.6. The van der Waals surface area contributed by atoms with Gasteiger partial charge >= 0.3 is 0 Å². The number of hydrogen-bond donors (Lipinski definition) is 1. The molecule has 0 saturated carbocycles. The molecule has 94 valence electrons. The number of halogens is 2. The first-order chi connectivity index (χ1) is 9.13. The van der Waals surface area contributed by atoms with Crippen molar-refractivity contribution in [2.45, 2.75) is 0 Å². The first-order valence-corrected chi connectivity index (χ1v) is 5.61. The third kappa shape index (κ3) is 2.69. The molecule has 0 bridgehead atoms. The molecule has 1 heterocycles. The van der Waals surface area contributed by atoms with Crippen LogP contribution in [0.15, 0.2) is 36.5 Å². The molecule has 1 aromatic heterocycles. The van der Waals surface area contributed by atoms with Crippen LogP contribution >= 0.6 is 11.6 Å². The van der Waals surface area contributed by atoms with Crippen LogP contribution in [-0.4, -0.2) is 10.9 Å². The highest BCUT2D eigenvalue weighted by Crippen LogP contribution is 2.18. The van der Waals surface area contributed by atoms with Crippen molar-refractivity contribution in [3.63, 3.8) is 0 Å².